The molecule has 0 radical (unpaired) electrons. The van der Waals surface area contributed by atoms with Crippen LogP contribution in [0.4, 0.5) is 0 Å². The monoisotopic (exact) mass is 644 g/mol. The van der Waals surface area contributed by atoms with E-state index in [1.54, 1.807) is 0 Å². The summed E-state index contributed by atoms with van der Waals surface area (Å²) in [5.74, 6) is 0.887. The standard InChI is InChI=1S/C34H71O2PS2.K/c1-3-5-7-9-11-13-15-17-18-19-20-22-24-26-28-30-32-34-39-37(35,38)36-33-31-29-27-25-23-21-16-14-12-10-8-6-4-2;/h3-34H2,1-2H3,(H,35,38);/q;+1/p-1. The largest absolute Gasteiger partial charge is 1.00 e. The number of hydrogen-bond acceptors (Lipinski definition) is 4. The second-order valence-electron chi connectivity index (χ2n) is 12.0. The molecule has 6 heteroatoms. The number of rotatable bonds is 34. The van der Waals surface area contributed by atoms with Crippen molar-refractivity contribution in [1.82, 2.24) is 0 Å². The zero-order valence-corrected chi connectivity index (χ0v) is 33.4. The van der Waals surface area contributed by atoms with Crippen LogP contribution in [0.2, 0.25) is 0 Å². The van der Waals surface area contributed by atoms with E-state index in [9.17, 15) is 4.89 Å². The normalized spacial score (nSPS) is 12.9. The fraction of sp³-hybridized carbons (Fsp3) is 1.00. The van der Waals surface area contributed by atoms with Gasteiger partial charge in [-0.1, -0.05) is 205 Å². The Hall–Kier alpha value is 2.56. The molecule has 0 aromatic heterocycles. The molecule has 0 aromatic rings. The van der Waals surface area contributed by atoms with Crippen LogP contribution < -0.4 is 56.3 Å². The van der Waals surface area contributed by atoms with Crippen LogP contribution in [0.25, 0.3) is 0 Å². The fourth-order valence-electron chi connectivity index (χ4n) is 5.34. The van der Waals surface area contributed by atoms with Crippen molar-refractivity contribution in [2.75, 3.05) is 12.4 Å². The Balaban J connectivity index is 0. The molecule has 0 bridgehead atoms. The third kappa shape index (κ3) is 38.6. The van der Waals surface area contributed by atoms with Crippen LogP contribution >= 0.6 is 17.1 Å². The summed E-state index contributed by atoms with van der Waals surface area (Å²) in [6.45, 7) is 5.15. The molecule has 0 spiro atoms. The van der Waals surface area contributed by atoms with Gasteiger partial charge in [0.1, 0.15) is 0 Å². The van der Waals surface area contributed by atoms with E-state index < -0.39 is 5.69 Å². The summed E-state index contributed by atoms with van der Waals surface area (Å²) < 4.78 is 5.60. The molecular weight excluding hydrogens is 575 g/mol. The first-order valence-electron chi connectivity index (χ1n) is 17.7. The molecule has 0 rings (SSSR count). The smallest absolute Gasteiger partial charge is 0.793 e. The van der Waals surface area contributed by atoms with Gasteiger partial charge in [0.25, 0.3) is 0 Å². The second-order valence-corrected chi connectivity index (χ2v) is 18.2. The van der Waals surface area contributed by atoms with Crippen molar-refractivity contribution in [2.45, 2.75) is 206 Å². The molecule has 0 N–H and O–H groups in total. The molecule has 0 fully saturated rings. The maximum absolute atomic E-state index is 12.5. The first-order chi connectivity index (χ1) is 19.1. The molecule has 2 nitrogen and oxygen atoms in total. The molecule has 0 saturated carbocycles. The van der Waals surface area contributed by atoms with Gasteiger partial charge in [0.05, 0.1) is 6.61 Å². The van der Waals surface area contributed by atoms with Crippen molar-refractivity contribution in [3.8, 4) is 0 Å². The predicted molar refractivity (Wildman–Crippen MR) is 183 cm³/mol. The van der Waals surface area contributed by atoms with E-state index in [1.165, 1.54) is 191 Å². The van der Waals surface area contributed by atoms with Gasteiger partial charge in [-0.15, -0.1) is 11.4 Å². The van der Waals surface area contributed by atoms with E-state index in [0.29, 0.717) is 6.61 Å². The van der Waals surface area contributed by atoms with E-state index in [1.807, 2.05) is 0 Å². The van der Waals surface area contributed by atoms with Gasteiger partial charge in [-0.2, -0.15) is 0 Å². The molecule has 1 atom stereocenters. The van der Waals surface area contributed by atoms with Gasteiger partial charge in [0.2, 0.25) is 0 Å². The van der Waals surface area contributed by atoms with Crippen molar-refractivity contribution in [3.63, 3.8) is 0 Å². The van der Waals surface area contributed by atoms with Gasteiger partial charge in [-0.3, -0.25) is 0 Å². The van der Waals surface area contributed by atoms with Crippen molar-refractivity contribution in [3.05, 3.63) is 0 Å². The summed E-state index contributed by atoms with van der Waals surface area (Å²) in [6, 6.07) is 0. The van der Waals surface area contributed by atoms with Crippen LogP contribution in [0.5, 0.6) is 0 Å². The third-order valence-electron chi connectivity index (χ3n) is 7.99. The maximum atomic E-state index is 12.5. The molecule has 0 aromatic carbocycles. The van der Waals surface area contributed by atoms with E-state index >= 15 is 0 Å². The van der Waals surface area contributed by atoms with Gasteiger partial charge in [-0.25, -0.2) is 0 Å². The summed E-state index contributed by atoms with van der Waals surface area (Å²) in [7, 11) is 0. The molecular formula is C34H70KO2PS2. The molecule has 1 unspecified atom stereocenters. The zero-order valence-electron chi connectivity index (χ0n) is 27.7. The Kier molecular flexibility index (Phi) is 42.2. The van der Waals surface area contributed by atoms with Crippen LogP contribution in [-0.2, 0) is 16.3 Å². The van der Waals surface area contributed by atoms with Crippen molar-refractivity contribution in [2.24, 2.45) is 0 Å². The SMILES string of the molecule is CCCCCCCCCCCCCCCCCCCSP([O-])(=S)OCCCCCCCCCCCCCCC.[K+]. The molecule has 40 heavy (non-hydrogen) atoms. The zero-order chi connectivity index (χ0) is 28.5. The van der Waals surface area contributed by atoms with Crippen LogP contribution in [-0.4, -0.2) is 12.4 Å². The molecule has 0 amide bonds. The van der Waals surface area contributed by atoms with Crippen LogP contribution in [0.1, 0.15) is 206 Å². The van der Waals surface area contributed by atoms with Crippen molar-refractivity contribution >= 4 is 28.9 Å². The Morgan fingerprint density at radius 3 is 1.00 bits per heavy atom. The summed E-state index contributed by atoms with van der Waals surface area (Å²) in [6.07, 6.45) is 40.9. The van der Waals surface area contributed by atoms with E-state index in [2.05, 4.69) is 13.8 Å². The molecule has 0 heterocycles. The Morgan fingerprint density at radius 1 is 0.450 bits per heavy atom. The summed E-state index contributed by atoms with van der Waals surface area (Å²) in [5, 5.41) is 0. The maximum Gasteiger partial charge on any atom is 1.00 e. The van der Waals surface area contributed by atoms with E-state index in [4.69, 9.17) is 16.3 Å². The second kappa shape index (κ2) is 37.7. The summed E-state index contributed by atoms with van der Waals surface area (Å²) in [5.41, 5.74) is -2.87. The minimum absolute atomic E-state index is 0. The van der Waals surface area contributed by atoms with Gasteiger partial charge >= 0.3 is 51.4 Å². The topological polar surface area (TPSA) is 32.3 Å². The molecule has 0 aliphatic carbocycles. The quantitative estimate of drug-likeness (QED) is 0.0396. The molecule has 0 saturated heterocycles. The Bertz CT molecular complexity index is 510. The predicted octanol–water partition coefficient (Wildman–Crippen LogP) is 10.1. The minimum atomic E-state index is -2.87. The Labute approximate surface area is 305 Å². The minimum Gasteiger partial charge on any atom is -0.793 e. The van der Waals surface area contributed by atoms with Gasteiger partial charge in [0, 0.05) is 5.69 Å². The average molecular weight is 645 g/mol. The average Bonchev–Trinajstić information content (AvgIpc) is 2.92. The van der Waals surface area contributed by atoms with Gasteiger partial charge in [-0.05, 0) is 18.6 Å². The Morgan fingerprint density at radius 2 is 0.700 bits per heavy atom. The molecule has 0 aliphatic rings. The van der Waals surface area contributed by atoms with Crippen LogP contribution in [0, 0.1) is 0 Å². The number of unbranched alkanes of at least 4 members (excludes halogenated alkanes) is 28. The van der Waals surface area contributed by atoms with Crippen molar-refractivity contribution in [1.29, 1.82) is 0 Å². The third-order valence-corrected chi connectivity index (χ3v) is 12.4. The summed E-state index contributed by atoms with van der Waals surface area (Å²) >= 11 is 6.65. The fourth-order valence-corrected chi connectivity index (χ4v) is 8.72. The van der Waals surface area contributed by atoms with Crippen LogP contribution in [0.15, 0.2) is 0 Å². The first kappa shape index (κ1) is 44.7. The van der Waals surface area contributed by atoms with Crippen LogP contribution in [0.3, 0.4) is 0 Å². The van der Waals surface area contributed by atoms with E-state index in [0.717, 1.165) is 18.6 Å². The van der Waals surface area contributed by atoms with Gasteiger partial charge < -0.3 is 9.42 Å². The first-order valence-corrected chi connectivity index (χ1v) is 22.0. The number of hydrogen-bond donors (Lipinski definition) is 0. The summed E-state index contributed by atoms with van der Waals surface area (Å²) in [4.78, 5) is 12.5. The van der Waals surface area contributed by atoms with Gasteiger partial charge in [0.15, 0.2) is 0 Å². The van der Waals surface area contributed by atoms with E-state index in [-0.39, 0.29) is 51.4 Å². The molecule has 0 aliphatic heterocycles. The molecule has 236 valence electrons. The van der Waals surface area contributed by atoms with Crippen molar-refractivity contribution < 1.29 is 60.8 Å².